The molecule has 0 bridgehead atoms. The van der Waals surface area contributed by atoms with E-state index in [9.17, 15) is 9.59 Å². The van der Waals surface area contributed by atoms with Gasteiger partial charge in [0.1, 0.15) is 0 Å². The van der Waals surface area contributed by atoms with Crippen LogP contribution in [-0.2, 0) is 19.1 Å². The molecule has 0 aliphatic carbocycles. The van der Waals surface area contributed by atoms with Crippen molar-refractivity contribution in [1.82, 2.24) is 0 Å². The standard InChI is InChI=1S/C14H19O4P/c1-12(15)18-9-11-19(10-8-14(16)17-2)13-6-4-3-5-7-13/h3-7H,8-11H2,1-2H3. The van der Waals surface area contributed by atoms with E-state index in [1.807, 2.05) is 18.2 Å². The lowest BCUT2D eigenvalue weighted by molar-refractivity contribution is -0.141. The second kappa shape index (κ2) is 8.65. The van der Waals surface area contributed by atoms with Crippen molar-refractivity contribution in [2.75, 3.05) is 26.0 Å². The van der Waals surface area contributed by atoms with Gasteiger partial charge in [0.2, 0.25) is 0 Å². The van der Waals surface area contributed by atoms with Gasteiger partial charge in [0, 0.05) is 19.5 Å². The Kier molecular flexibility index (Phi) is 7.12. The van der Waals surface area contributed by atoms with Crippen LogP contribution in [-0.4, -0.2) is 38.0 Å². The first-order chi connectivity index (χ1) is 9.13. The van der Waals surface area contributed by atoms with Gasteiger partial charge in [0.05, 0.1) is 13.7 Å². The summed E-state index contributed by atoms with van der Waals surface area (Å²) in [5.74, 6) is -0.466. The zero-order valence-electron chi connectivity index (χ0n) is 11.3. The maximum Gasteiger partial charge on any atom is 0.305 e. The third kappa shape index (κ3) is 6.35. The van der Waals surface area contributed by atoms with Gasteiger partial charge in [0.15, 0.2) is 0 Å². The highest BCUT2D eigenvalue weighted by Crippen LogP contribution is 2.34. The molecule has 0 aliphatic rings. The Balaban J connectivity index is 2.57. The molecule has 0 amide bonds. The minimum absolute atomic E-state index is 0.198. The van der Waals surface area contributed by atoms with Gasteiger partial charge in [-0.1, -0.05) is 38.3 Å². The van der Waals surface area contributed by atoms with Crippen molar-refractivity contribution in [3.8, 4) is 0 Å². The number of ether oxygens (including phenoxy) is 2. The van der Waals surface area contributed by atoms with Crippen LogP contribution in [0.25, 0.3) is 0 Å². The van der Waals surface area contributed by atoms with E-state index in [0.29, 0.717) is 13.0 Å². The Morgan fingerprint density at radius 2 is 1.84 bits per heavy atom. The smallest absolute Gasteiger partial charge is 0.305 e. The summed E-state index contributed by atoms with van der Waals surface area (Å²) in [6, 6.07) is 10.0. The van der Waals surface area contributed by atoms with E-state index < -0.39 is 7.92 Å². The molecular weight excluding hydrogens is 263 g/mol. The zero-order chi connectivity index (χ0) is 14.1. The Morgan fingerprint density at radius 3 is 2.42 bits per heavy atom. The van der Waals surface area contributed by atoms with Crippen LogP contribution in [0.3, 0.4) is 0 Å². The monoisotopic (exact) mass is 282 g/mol. The summed E-state index contributed by atoms with van der Waals surface area (Å²) in [5.41, 5.74) is 0. The van der Waals surface area contributed by atoms with Crippen molar-refractivity contribution in [1.29, 1.82) is 0 Å². The third-order valence-electron chi connectivity index (χ3n) is 2.60. The highest BCUT2D eigenvalue weighted by atomic mass is 31.1. The molecule has 0 saturated carbocycles. The van der Waals surface area contributed by atoms with Crippen LogP contribution in [0.2, 0.25) is 0 Å². The summed E-state index contributed by atoms with van der Waals surface area (Å²) < 4.78 is 9.65. The fraction of sp³-hybridized carbons (Fsp3) is 0.429. The van der Waals surface area contributed by atoms with Crippen molar-refractivity contribution in [2.24, 2.45) is 0 Å². The first-order valence-corrected chi connectivity index (χ1v) is 7.85. The molecule has 19 heavy (non-hydrogen) atoms. The van der Waals surface area contributed by atoms with Gasteiger partial charge in [-0.15, -0.1) is 0 Å². The fourth-order valence-electron chi connectivity index (χ4n) is 1.64. The van der Waals surface area contributed by atoms with Crippen LogP contribution < -0.4 is 5.30 Å². The molecule has 0 saturated heterocycles. The predicted octanol–water partition coefficient (Wildman–Crippen LogP) is 1.92. The van der Waals surface area contributed by atoms with Gasteiger partial charge in [-0.05, 0) is 11.5 Å². The van der Waals surface area contributed by atoms with Gasteiger partial charge in [-0.3, -0.25) is 9.59 Å². The van der Waals surface area contributed by atoms with Crippen LogP contribution >= 0.6 is 7.92 Å². The van der Waals surface area contributed by atoms with Crippen molar-refractivity contribution in [2.45, 2.75) is 13.3 Å². The van der Waals surface area contributed by atoms with E-state index in [-0.39, 0.29) is 11.9 Å². The Labute approximate surface area is 114 Å². The lowest BCUT2D eigenvalue weighted by atomic mass is 10.4. The van der Waals surface area contributed by atoms with Crippen LogP contribution in [0.1, 0.15) is 13.3 Å². The molecule has 1 rings (SSSR count). The van der Waals surface area contributed by atoms with Crippen LogP contribution in [0, 0.1) is 0 Å². The molecular formula is C14H19O4P. The third-order valence-corrected chi connectivity index (χ3v) is 5.12. The number of hydrogen-bond donors (Lipinski definition) is 0. The number of methoxy groups -OCH3 is 1. The van der Waals surface area contributed by atoms with E-state index in [0.717, 1.165) is 12.3 Å². The lowest BCUT2D eigenvalue weighted by Gasteiger charge is -2.17. The second-order valence-corrected chi connectivity index (χ2v) is 6.48. The van der Waals surface area contributed by atoms with Crippen molar-refractivity contribution < 1.29 is 19.1 Å². The van der Waals surface area contributed by atoms with E-state index in [1.54, 1.807) is 0 Å². The molecule has 1 unspecified atom stereocenters. The van der Waals surface area contributed by atoms with Crippen LogP contribution in [0.15, 0.2) is 30.3 Å². The van der Waals surface area contributed by atoms with E-state index in [1.165, 1.54) is 19.3 Å². The van der Waals surface area contributed by atoms with Crippen molar-refractivity contribution in [3.63, 3.8) is 0 Å². The minimum atomic E-state index is -0.503. The zero-order valence-corrected chi connectivity index (χ0v) is 12.2. The number of esters is 2. The molecule has 0 N–H and O–H groups in total. The molecule has 0 heterocycles. The average molecular weight is 282 g/mol. The first-order valence-electron chi connectivity index (χ1n) is 6.13. The molecule has 104 valence electrons. The summed E-state index contributed by atoms with van der Waals surface area (Å²) in [5, 5.41) is 1.22. The highest BCUT2D eigenvalue weighted by Gasteiger charge is 2.13. The summed E-state index contributed by atoms with van der Waals surface area (Å²) in [6.07, 6.45) is 1.93. The highest BCUT2D eigenvalue weighted by molar-refractivity contribution is 7.65. The van der Waals surface area contributed by atoms with Crippen molar-refractivity contribution in [3.05, 3.63) is 30.3 Å². The Hall–Kier alpha value is -1.41. The molecule has 1 atom stereocenters. The van der Waals surface area contributed by atoms with E-state index in [2.05, 4.69) is 16.9 Å². The summed E-state index contributed by atoms with van der Waals surface area (Å²) in [7, 11) is 0.892. The first kappa shape index (κ1) is 15.6. The topological polar surface area (TPSA) is 52.6 Å². The molecule has 0 aromatic heterocycles. The SMILES string of the molecule is COC(=O)CCP(CCOC(C)=O)c1ccccc1. The minimum Gasteiger partial charge on any atom is -0.469 e. The van der Waals surface area contributed by atoms with Gasteiger partial charge in [-0.2, -0.15) is 0 Å². The second-order valence-electron chi connectivity index (χ2n) is 3.99. The lowest BCUT2D eigenvalue weighted by Crippen LogP contribution is -2.13. The van der Waals surface area contributed by atoms with Crippen molar-refractivity contribution >= 4 is 25.2 Å². The summed E-state index contributed by atoms with van der Waals surface area (Å²) in [6.45, 7) is 1.80. The van der Waals surface area contributed by atoms with Crippen LogP contribution in [0.4, 0.5) is 0 Å². The number of benzene rings is 1. The normalized spacial score (nSPS) is 11.7. The molecule has 0 radical (unpaired) electrons. The predicted molar refractivity (Wildman–Crippen MR) is 76.0 cm³/mol. The Morgan fingerprint density at radius 1 is 1.16 bits per heavy atom. The van der Waals surface area contributed by atoms with Crippen LogP contribution in [0.5, 0.6) is 0 Å². The molecule has 4 nitrogen and oxygen atoms in total. The van der Waals surface area contributed by atoms with E-state index in [4.69, 9.17) is 4.74 Å². The summed E-state index contributed by atoms with van der Waals surface area (Å²) >= 11 is 0. The molecule has 0 aliphatic heterocycles. The number of rotatable bonds is 7. The quantitative estimate of drug-likeness (QED) is 0.566. The molecule has 0 fully saturated rings. The summed E-state index contributed by atoms with van der Waals surface area (Å²) in [4.78, 5) is 22.0. The largest absolute Gasteiger partial charge is 0.469 e. The van der Waals surface area contributed by atoms with Gasteiger partial charge in [0.25, 0.3) is 0 Å². The average Bonchev–Trinajstić information content (AvgIpc) is 2.42. The number of carbonyl (C=O) groups excluding carboxylic acids is 2. The Bertz CT molecular complexity index is 405. The fourth-order valence-corrected chi connectivity index (χ4v) is 3.73. The molecule has 1 aromatic rings. The maximum absolute atomic E-state index is 11.2. The van der Waals surface area contributed by atoms with E-state index >= 15 is 0 Å². The van der Waals surface area contributed by atoms with Gasteiger partial charge < -0.3 is 9.47 Å². The maximum atomic E-state index is 11.2. The molecule has 0 spiro atoms. The van der Waals surface area contributed by atoms with Gasteiger partial charge in [-0.25, -0.2) is 0 Å². The molecule has 1 aromatic carbocycles. The number of carbonyl (C=O) groups is 2. The number of hydrogen-bond acceptors (Lipinski definition) is 4. The van der Waals surface area contributed by atoms with Gasteiger partial charge >= 0.3 is 11.9 Å². The molecule has 5 heteroatoms.